The molecule has 25 heavy (non-hydrogen) atoms. The predicted octanol–water partition coefficient (Wildman–Crippen LogP) is 3.93. The smallest absolute Gasteiger partial charge is 0.292 e. The zero-order valence-electron chi connectivity index (χ0n) is 14.1. The second-order valence-electron chi connectivity index (χ2n) is 6.70. The Kier molecular flexibility index (Phi) is 3.88. The molecule has 4 rings (SSSR count). The second kappa shape index (κ2) is 6.20. The fourth-order valence-corrected chi connectivity index (χ4v) is 3.45. The van der Waals surface area contributed by atoms with E-state index in [0.717, 1.165) is 35.0 Å². The number of aromatic amines is 1. The summed E-state index contributed by atoms with van der Waals surface area (Å²) in [4.78, 5) is 28.7. The minimum atomic E-state index is -0.534. The van der Waals surface area contributed by atoms with E-state index in [-0.39, 0.29) is 6.04 Å². The lowest BCUT2D eigenvalue weighted by Gasteiger charge is -2.18. The van der Waals surface area contributed by atoms with Gasteiger partial charge in [-0.05, 0) is 37.3 Å². The van der Waals surface area contributed by atoms with E-state index < -0.39 is 11.7 Å². The average Bonchev–Trinajstić information content (AvgIpc) is 3.41. The molecular weight excluding hydrogens is 312 g/mol. The van der Waals surface area contributed by atoms with E-state index >= 15 is 0 Å². The summed E-state index contributed by atoms with van der Waals surface area (Å²) in [5, 5.41) is 3.77. The minimum absolute atomic E-state index is 0.0943. The molecule has 1 atom stereocenters. The first-order valence-corrected chi connectivity index (χ1v) is 8.62. The zero-order valence-corrected chi connectivity index (χ0v) is 14.1. The lowest BCUT2D eigenvalue weighted by Crippen LogP contribution is -2.35. The highest BCUT2D eigenvalue weighted by molar-refractivity contribution is 6.45. The first-order chi connectivity index (χ1) is 12.1. The molecule has 2 aromatic carbocycles. The number of rotatable bonds is 5. The van der Waals surface area contributed by atoms with Crippen LogP contribution in [0, 0.1) is 12.8 Å². The number of aromatic nitrogens is 1. The molecular formula is C21H20N2O2. The number of fused-ring (bicyclic) bond motifs is 1. The molecule has 0 unspecified atom stereocenters. The van der Waals surface area contributed by atoms with Crippen LogP contribution in [0.15, 0.2) is 54.6 Å². The molecule has 2 N–H and O–H groups in total. The Labute approximate surface area is 146 Å². The molecule has 1 saturated carbocycles. The fraction of sp³-hybridized carbons (Fsp3) is 0.238. The quantitative estimate of drug-likeness (QED) is 0.549. The van der Waals surface area contributed by atoms with Crippen LogP contribution in [0.1, 0.15) is 40.5 Å². The van der Waals surface area contributed by atoms with Crippen molar-refractivity contribution in [2.75, 3.05) is 0 Å². The number of carbonyl (C=O) groups is 2. The number of para-hydroxylation sites is 1. The van der Waals surface area contributed by atoms with E-state index in [1.165, 1.54) is 0 Å². The number of Topliss-reactive ketones (excluding diaryl/α,β-unsaturated/α-hetero) is 1. The molecule has 4 nitrogen and oxygen atoms in total. The lowest BCUT2D eigenvalue weighted by molar-refractivity contribution is -0.117. The van der Waals surface area contributed by atoms with E-state index in [2.05, 4.69) is 10.3 Å². The molecule has 1 aromatic heterocycles. The van der Waals surface area contributed by atoms with E-state index in [0.29, 0.717) is 11.5 Å². The highest BCUT2D eigenvalue weighted by atomic mass is 16.2. The van der Waals surface area contributed by atoms with Crippen LogP contribution in [0.3, 0.4) is 0 Å². The maximum atomic E-state index is 12.8. The Morgan fingerprint density at radius 1 is 1.04 bits per heavy atom. The van der Waals surface area contributed by atoms with Gasteiger partial charge in [-0.2, -0.15) is 0 Å². The summed E-state index contributed by atoms with van der Waals surface area (Å²) >= 11 is 0. The molecule has 0 spiro atoms. The summed E-state index contributed by atoms with van der Waals surface area (Å²) in [5.74, 6) is -0.589. The Bertz CT molecular complexity index is 939. The maximum Gasteiger partial charge on any atom is 0.292 e. The van der Waals surface area contributed by atoms with Gasteiger partial charge >= 0.3 is 0 Å². The van der Waals surface area contributed by atoms with Crippen molar-refractivity contribution in [3.05, 3.63) is 71.4 Å². The zero-order chi connectivity index (χ0) is 17.4. The second-order valence-corrected chi connectivity index (χ2v) is 6.70. The summed E-state index contributed by atoms with van der Waals surface area (Å²) < 4.78 is 0. The highest BCUT2D eigenvalue weighted by Gasteiger charge is 2.35. The molecule has 126 valence electrons. The van der Waals surface area contributed by atoms with E-state index in [1.54, 1.807) is 0 Å². The molecule has 0 radical (unpaired) electrons. The topological polar surface area (TPSA) is 62.0 Å². The van der Waals surface area contributed by atoms with Gasteiger partial charge in [0, 0.05) is 16.6 Å². The summed E-state index contributed by atoms with van der Waals surface area (Å²) in [5.41, 5.74) is 3.12. The largest absolute Gasteiger partial charge is 0.358 e. The Balaban J connectivity index is 1.61. The van der Waals surface area contributed by atoms with Crippen molar-refractivity contribution in [1.82, 2.24) is 10.3 Å². The molecule has 3 aromatic rings. The molecule has 0 bridgehead atoms. The monoisotopic (exact) mass is 332 g/mol. The van der Waals surface area contributed by atoms with Gasteiger partial charge in [0.15, 0.2) is 0 Å². The molecule has 1 aliphatic carbocycles. The molecule has 1 amide bonds. The summed E-state index contributed by atoms with van der Waals surface area (Å²) in [7, 11) is 0. The molecule has 0 aliphatic heterocycles. The Hall–Kier alpha value is -2.88. The van der Waals surface area contributed by atoms with Gasteiger partial charge in [0.25, 0.3) is 11.7 Å². The molecule has 0 saturated heterocycles. The standard InChI is InChI=1S/C21H20N2O2/c1-13-18(16-9-5-6-10-17(16)22-13)20(24)21(25)23-19(15-11-12-15)14-7-3-2-4-8-14/h2-10,15,19,22H,11-12H2,1H3,(H,23,25)/t19-/m1/s1. The summed E-state index contributed by atoms with van der Waals surface area (Å²) in [6.07, 6.45) is 2.17. The predicted molar refractivity (Wildman–Crippen MR) is 97.4 cm³/mol. The van der Waals surface area contributed by atoms with Crippen LogP contribution >= 0.6 is 0 Å². The number of amides is 1. The SMILES string of the molecule is Cc1[nH]c2ccccc2c1C(=O)C(=O)N[C@H](c1ccccc1)C1CC1. The van der Waals surface area contributed by atoms with Gasteiger partial charge in [-0.1, -0.05) is 48.5 Å². The van der Waals surface area contributed by atoms with Crippen LogP contribution in [-0.2, 0) is 4.79 Å². The summed E-state index contributed by atoms with van der Waals surface area (Å²) in [6.45, 7) is 1.83. The molecule has 4 heteroatoms. The van der Waals surface area contributed by atoms with Crippen molar-refractivity contribution in [2.45, 2.75) is 25.8 Å². The third kappa shape index (κ3) is 2.95. The van der Waals surface area contributed by atoms with Gasteiger partial charge in [0.1, 0.15) is 0 Å². The number of carbonyl (C=O) groups excluding carboxylic acids is 2. The van der Waals surface area contributed by atoms with Crippen LogP contribution in [0.2, 0.25) is 0 Å². The van der Waals surface area contributed by atoms with Gasteiger partial charge in [-0.15, -0.1) is 0 Å². The highest BCUT2D eigenvalue weighted by Crippen LogP contribution is 2.41. The summed E-state index contributed by atoms with van der Waals surface area (Å²) in [6, 6.07) is 17.4. The van der Waals surface area contributed by atoms with Gasteiger partial charge < -0.3 is 10.3 Å². The van der Waals surface area contributed by atoms with Crippen LogP contribution < -0.4 is 5.32 Å². The van der Waals surface area contributed by atoms with Gasteiger partial charge in [0.05, 0.1) is 11.6 Å². The normalized spacial score (nSPS) is 15.1. The van der Waals surface area contributed by atoms with Crippen LogP contribution in [0.4, 0.5) is 0 Å². The molecule has 1 fully saturated rings. The number of aryl methyl sites for hydroxylation is 1. The number of hydrogen-bond acceptors (Lipinski definition) is 2. The van der Waals surface area contributed by atoms with Crippen molar-refractivity contribution in [3.8, 4) is 0 Å². The van der Waals surface area contributed by atoms with E-state index in [1.807, 2.05) is 61.5 Å². The maximum absolute atomic E-state index is 12.8. The van der Waals surface area contributed by atoms with E-state index in [9.17, 15) is 9.59 Å². The van der Waals surface area contributed by atoms with Crippen LogP contribution in [0.5, 0.6) is 0 Å². The van der Waals surface area contributed by atoms with Crippen molar-refractivity contribution in [1.29, 1.82) is 0 Å². The van der Waals surface area contributed by atoms with Gasteiger partial charge in [0.2, 0.25) is 0 Å². The van der Waals surface area contributed by atoms with E-state index in [4.69, 9.17) is 0 Å². The lowest BCUT2D eigenvalue weighted by atomic mass is 10.0. The van der Waals surface area contributed by atoms with Crippen molar-refractivity contribution >= 4 is 22.6 Å². The van der Waals surface area contributed by atoms with Crippen LogP contribution in [-0.4, -0.2) is 16.7 Å². The third-order valence-corrected chi connectivity index (χ3v) is 4.87. The number of H-pyrrole nitrogens is 1. The average molecular weight is 332 g/mol. The minimum Gasteiger partial charge on any atom is -0.358 e. The number of ketones is 1. The molecule has 1 aliphatic rings. The van der Waals surface area contributed by atoms with Gasteiger partial charge in [-0.25, -0.2) is 0 Å². The van der Waals surface area contributed by atoms with Crippen molar-refractivity contribution in [3.63, 3.8) is 0 Å². The van der Waals surface area contributed by atoms with Crippen LogP contribution in [0.25, 0.3) is 10.9 Å². The molecule has 1 heterocycles. The third-order valence-electron chi connectivity index (χ3n) is 4.87. The number of nitrogens with one attached hydrogen (secondary N) is 2. The number of hydrogen-bond donors (Lipinski definition) is 2. The van der Waals surface area contributed by atoms with Crippen molar-refractivity contribution in [2.24, 2.45) is 5.92 Å². The van der Waals surface area contributed by atoms with Crippen molar-refractivity contribution < 1.29 is 9.59 Å². The fourth-order valence-electron chi connectivity index (χ4n) is 3.45. The number of benzene rings is 2. The Morgan fingerprint density at radius 3 is 2.44 bits per heavy atom. The Morgan fingerprint density at radius 2 is 1.72 bits per heavy atom. The van der Waals surface area contributed by atoms with Gasteiger partial charge in [-0.3, -0.25) is 9.59 Å². The first kappa shape index (κ1) is 15.6. The first-order valence-electron chi connectivity index (χ1n) is 8.62.